The van der Waals surface area contributed by atoms with Gasteiger partial charge in [-0.1, -0.05) is 42.5 Å². The van der Waals surface area contributed by atoms with E-state index in [1.54, 1.807) is 19.4 Å². The molecule has 0 fully saturated rings. The second kappa shape index (κ2) is 9.89. The number of anilines is 3. The summed E-state index contributed by atoms with van der Waals surface area (Å²) in [5.41, 5.74) is 8.88. The largest absolute Gasteiger partial charge is 0.495 e. The van der Waals surface area contributed by atoms with Crippen molar-refractivity contribution in [1.29, 1.82) is 0 Å². The van der Waals surface area contributed by atoms with E-state index in [-0.39, 0.29) is 5.78 Å². The van der Waals surface area contributed by atoms with E-state index in [9.17, 15) is 4.79 Å². The van der Waals surface area contributed by atoms with Gasteiger partial charge in [0.15, 0.2) is 11.6 Å². The van der Waals surface area contributed by atoms with Gasteiger partial charge in [0.2, 0.25) is 0 Å². The number of nitrogens with two attached hydrogens (primary N) is 1. The summed E-state index contributed by atoms with van der Waals surface area (Å²) in [6.07, 6.45) is 2.53. The molecule has 6 heteroatoms. The van der Waals surface area contributed by atoms with E-state index in [0.29, 0.717) is 34.9 Å². The van der Waals surface area contributed by atoms with Crippen molar-refractivity contribution < 1.29 is 9.53 Å². The van der Waals surface area contributed by atoms with E-state index in [0.717, 1.165) is 18.7 Å². The number of pyridine rings is 1. The maximum atomic E-state index is 13.3. The first-order valence-corrected chi connectivity index (χ1v) is 9.92. The molecule has 0 amide bonds. The number of nitrogens with zero attached hydrogens (tertiary/aromatic N) is 3. The van der Waals surface area contributed by atoms with Gasteiger partial charge in [-0.25, -0.2) is 4.98 Å². The fourth-order valence-corrected chi connectivity index (χ4v) is 3.32. The molecule has 1 heterocycles. The van der Waals surface area contributed by atoms with Gasteiger partial charge >= 0.3 is 0 Å². The molecule has 2 aromatic carbocycles. The number of nitrogen functional groups attached to an aromatic ring is 1. The molecule has 0 bridgehead atoms. The smallest absolute Gasteiger partial charge is 0.195 e. The van der Waals surface area contributed by atoms with Crippen molar-refractivity contribution in [3.05, 3.63) is 78.0 Å². The number of hydrogen-bond acceptors (Lipinski definition) is 6. The number of methoxy groups -OCH3 is 1. The number of carbonyl (C=O) groups excluding carboxylic acids is 1. The standard InChI is InChI=1S/C24H28N4O2/c1-27(2)14-9-15-28(24-21(25)16-19(30-3)17-26-24)22-13-8-7-12-20(22)23(29)18-10-5-4-6-11-18/h4-8,10-13,16-17H,9,14-15,25H2,1-3H3. The molecule has 3 rings (SSSR count). The molecule has 0 saturated heterocycles. The van der Waals surface area contributed by atoms with E-state index >= 15 is 0 Å². The van der Waals surface area contributed by atoms with Gasteiger partial charge in [-0.15, -0.1) is 0 Å². The molecule has 0 radical (unpaired) electrons. The minimum Gasteiger partial charge on any atom is -0.495 e. The highest BCUT2D eigenvalue weighted by Gasteiger charge is 2.21. The van der Waals surface area contributed by atoms with Crippen LogP contribution in [0.3, 0.4) is 0 Å². The lowest BCUT2D eigenvalue weighted by molar-refractivity contribution is 0.103. The Morgan fingerprint density at radius 2 is 1.73 bits per heavy atom. The van der Waals surface area contributed by atoms with Crippen LogP contribution in [0.4, 0.5) is 17.2 Å². The lowest BCUT2D eigenvalue weighted by atomic mass is 10.0. The van der Waals surface area contributed by atoms with Gasteiger partial charge in [0, 0.05) is 23.7 Å². The molecule has 30 heavy (non-hydrogen) atoms. The van der Waals surface area contributed by atoms with Crippen LogP contribution in [-0.2, 0) is 0 Å². The first kappa shape index (κ1) is 21.3. The number of benzene rings is 2. The average molecular weight is 405 g/mol. The fraction of sp³-hybridized carbons (Fsp3) is 0.250. The molecular formula is C24H28N4O2. The van der Waals surface area contributed by atoms with Gasteiger partial charge in [0.05, 0.1) is 24.7 Å². The molecule has 1 aromatic heterocycles. The van der Waals surface area contributed by atoms with Crippen molar-refractivity contribution in [3.63, 3.8) is 0 Å². The summed E-state index contributed by atoms with van der Waals surface area (Å²) in [5.74, 6) is 1.18. The van der Waals surface area contributed by atoms with E-state index in [1.165, 1.54) is 0 Å². The molecule has 156 valence electrons. The Hall–Kier alpha value is -3.38. The zero-order valence-electron chi connectivity index (χ0n) is 17.7. The number of ketones is 1. The number of hydrogen-bond donors (Lipinski definition) is 1. The van der Waals surface area contributed by atoms with Gasteiger partial charge in [-0.05, 0) is 39.2 Å². The van der Waals surface area contributed by atoms with Crippen molar-refractivity contribution in [2.24, 2.45) is 0 Å². The third-order valence-electron chi connectivity index (χ3n) is 4.82. The zero-order valence-corrected chi connectivity index (χ0v) is 17.7. The first-order chi connectivity index (χ1) is 14.5. The molecule has 6 nitrogen and oxygen atoms in total. The fourth-order valence-electron chi connectivity index (χ4n) is 3.32. The normalized spacial score (nSPS) is 10.8. The summed E-state index contributed by atoms with van der Waals surface area (Å²) < 4.78 is 5.25. The Morgan fingerprint density at radius 1 is 1.03 bits per heavy atom. The number of rotatable bonds is 9. The Labute approximate surface area is 177 Å². The van der Waals surface area contributed by atoms with Crippen LogP contribution >= 0.6 is 0 Å². The van der Waals surface area contributed by atoms with Crippen LogP contribution in [0.25, 0.3) is 0 Å². The summed E-state index contributed by atoms with van der Waals surface area (Å²) in [7, 11) is 5.66. The molecule has 0 aliphatic rings. The highest BCUT2D eigenvalue weighted by atomic mass is 16.5. The van der Waals surface area contributed by atoms with Crippen LogP contribution in [-0.4, -0.2) is 50.0 Å². The van der Waals surface area contributed by atoms with Crippen LogP contribution in [0.2, 0.25) is 0 Å². The van der Waals surface area contributed by atoms with Crippen LogP contribution in [0.15, 0.2) is 66.9 Å². The molecule has 2 N–H and O–H groups in total. The summed E-state index contributed by atoms with van der Waals surface area (Å²) in [4.78, 5) is 22.0. The summed E-state index contributed by atoms with van der Waals surface area (Å²) in [5, 5.41) is 0. The van der Waals surface area contributed by atoms with Crippen molar-refractivity contribution in [1.82, 2.24) is 9.88 Å². The molecule has 0 aliphatic carbocycles. The number of aromatic nitrogens is 1. The van der Waals surface area contributed by atoms with Crippen molar-refractivity contribution in [3.8, 4) is 5.75 Å². The monoisotopic (exact) mass is 404 g/mol. The minimum absolute atomic E-state index is 0.0316. The van der Waals surface area contributed by atoms with Gasteiger partial charge in [-0.2, -0.15) is 0 Å². The maximum Gasteiger partial charge on any atom is 0.195 e. The number of carbonyl (C=O) groups is 1. The molecular weight excluding hydrogens is 376 g/mol. The quantitative estimate of drug-likeness (QED) is 0.544. The lowest BCUT2D eigenvalue weighted by Crippen LogP contribution is -2.26. The van der Waals surface area contributed by atoms with Gasteiger partial charge < -0.3 is 20.3 Å². The SMILES string of the molecule is COc1cnc(N(CCCN(C)C)c2ccccc2C(=O)c2ccccc2)c(N)c1. The minimum atomic E-state index is -0.0316. The highest BCUT2D eigenvalue weighted by Crippen LogP contribution is 2.33. The van der Waals surface area contributed by atoms with Crippen LogP contribution in [0.1, 0.15) is 22.3 Å². The van der Waals surface area contributed by atoms with Crippen molar-refractivity contribution in [2.75, 3.05) is 44.9 Å². The molecule has 3 aromatic rings. The topological polar surface area (TPSA) is 71.7 Å². The van der Waals surface area contributed by atoms with Gasteiger partial charge in [0.25, 0.3) is 0 Å². The second-order valence-electron chi connectivity index (χ2n) is 7.31. The number of ether oxygens (including phenoxy) is 1. The van der Waals surface area contributed by atoms with Crippen molar-refractivity contribution >= 4 is 23.0 Å². The van der Waals surface area contributed by atoms with Crippen LogP contribution in [0.5, 0.6) is 5.75 Å². The van der Waals surface area contributed by atoms with Crippen molar-refractivity contribution in [2.45, 2.75) is 6.42 Å². The van der Waals surface area contributed by atoms with Gasteiger partial charge in [-0.3, -0.25) is 4.79 Å². The second-order valence-corrected chi connectivity index (χ2v) is 7.31. The maximum absolute atomic E-state index is 13.3. The molecule has 0 atom stereocenters. The lowest BCUT2D eigenvalue weighted by Gasteiger charge is -2.27. The molecule has 0 aliphatic heterocycles. The Balaban J connectivity index is 2.05. The molecule has 0 saturated carbocycles. The number of para-hydroxylation sites is 1. The van der Waals surface area contributed by atoms with Gasteiger partial charge in [0.1, 0.15) is 5.75 Å². The Morgan fingerprint density at radius 3 is 2.40 bits per heavy atom. The highest BCUT2D eigenvalue weighted by molar-refractivity contribution is 6.12. The molecule has 0 unspecified atom stereocenters. The summed E-state index contributed by atoms with van der Waals surface area (Å²) >= 11 is 0. The van der Waals surface area contributed by atoms with Crippen LogP contribution in [0, 0.1) is 0 Å². The predicted molar refractivity (Wildman–Crippen MR) is 122 cm³/mol. The van der Waals surface area contributed by atoms with E-state index < -0.39 is 0 Å². The molecule has 0 spiro atoms. The first-order valence-electron chi connectivity index (χ1n) is 9.92. The third-order valence-corrected chi connectivity index (χ3v) is 4.82. The summed E-state index contributed by atoms with van der Waals surface area (Å²) in [6.45, 7) is 1.57. The average Bonchev–Trinajstić information content (AvgIpc) is 2.77. The van der Waals surface area contributed by atoms with E-state index in [2.05, 4.69) is 9.88 Å². The third kappa shape index (κ3) is 4.96. The van der Waals surface area contributed by atoms with E-state index in [4.69, 9.17) is 10.5 Å². The zero-order chi connectivity index (χ0) is 21.5. The summed E-state index contributed by atoms with van der Waals surface area (Å²) in [6, 6.07) is 18.6. The predicted octanol–water partition coefficient (Wildman–Crippen LogP) is 3.99. The Bertz CT molecular complexity index is 990. The Kier molecular flexibility index (Phi) is 7.03. The van der Waals surface area contributed by atoms with E-state index in [1.807, 2.05) is 73.6 Å². The van der Waals surface area contributed by atoms with Crippen LogP contribution < -0.4 is 15.4 Å².